The molecule has 130 valence electrons. The Labute approximate surface area is 147 Å². The third-order valence-electron chi connectivity index (χ3n) is 4.43. The molecule has 0 spiro atoms. The van der Waals surface area contributed by atoms with Crippen LogP contribution in [-0.2, 0) is 13.0 Å². The molecular formula is C19H22N4O2. The second-order valence-electron chi connectivity index (χ2n) is 6.07. The summed E-state index contributed by atoms with van der Waals surface area (Å²) in [7, 11) is 3.67. The Hall–Kier alpha value is -2.78. The van der Waals surface area contributed by atoms with E-state index in [-0.39, 0.29) is 5.82 Å². The number of hydrogen-bond acceptors (Lipinski definition) is 6. The lowest BCUT2D eigenvalue weighted by molar-refractivity contribution is 0.310. The van der Waals surface area contributed by atoms with Gasteiger partial charge in [-0.15, -0.1) is 0 Å². The fraction of sp³-hybridized carbons (Fsp3) is 0.368. The van der Waals surface area contributed by atoms with Gasteiger partial charge in [0.2, 0.25) is 0 Å². The van der Waals surface area contributed by atoms with Crippen molar-refractivity contribution >= 4 is 5.82 Å². The number of fused-ring (bicyclic) bond motifs is 1. The highest BCUT2D eigenvalue weighted by molar-refractivity contribution is 5.80. The van der Waals surface area contributed by atoms with Gasteiger partial charge in [-0.2, -0.15) is 5.26 Å². The topological polar surface area (TPSA) is 84.4 Å². The van der Waals surface area contributed by atoms with Crippen LogP contribution in [0, 0.1) is 11.3 Å². The zero-order chi connectivity index (χ0) is 18.0. The van der Waals surface area contributed by atoms with E-state index in [1.54, 1.807) is 7.11 Å². The number of ether oxygens (including phenoxy) is 2. The van der Waals surface area contributed by atoms with Gasteiger partial charge in [0.1, 0.15) is 17.5 Å². The zero-order valence-electron chi connectivity index (χ0n) is 14.8. The molecule has 2 N–H and O–H groups in total. The molecule has 0 radical (unpaired) electrons. The molecule has 25 heavy (non-hydrogen) atoms. The number of methoxy groups -OCH3 is 1. The van der Waals surface area contributed by atoms with Gasteiger partial charge in [-0.3, -0.25) is 0 Å². The van der Waals surface area contributed by atoms with Gasteiger partial charge in [-0.1, -0.05) is 6.07 Å². The smallest absolute Gasteiger partial charge is 0.161 e. The van der Waals surface area contributed by atoms with Crippen LogP contribution >= 0.6 is 0 Å². The van der Waals surface area contributed by atoms with Crippen LogP contribution in [-0.4, -0.2) is 37.2 Å². The molecule has 0 aliphatic carbocycles. The van der Waals surface area contributed by atoms with Crippen molar-refractivity contribution in [3.63, 3.8) is 0 Å². The minimum absolute atomic E-state index is 0.286. The molecule has 3 rings (SSSR count). The van der Waals surface area contributed by atoms with E-state index < -0.39 is 0 Å². The maximum absolute atomic E-state index is 9.65. The highest BCUT2D eigenvalue weighted by atomic mass is 16.5. The van der Waals surface area contributed by atoms with Crippen LogP contribution in [0.3, 0.4) is 0 Å². The third kappa shape index (κ3) is 3.11. The SMILES string of the molecule is CCOc1ccc(-c2c(C#N)c(N)nc3c2CN(C)CC3)cc1OC. The van der Waals surface area contributed by atoms with E-state index >= 15 is 0 Å². The van der Waals surface area contributed by atoms with Crippen molar-refractivity contribution in [2.45, 2.75) is 19.9 Å². The van der Waals surface area contributed by atoms with Gasteiger partial charge in [-0.25, -0.2) is 4.98 Å². The average molecular weight is 338 g/mol. The first-order valence-corrected chi connectivity index (χ1v) is 8.30. The summed E-state index contributed by atoms with van der Waals surface area (Å²) in [6.07, 6.45) is 0.822. The minimum Gasteiger partial charge on any atom is -0.493 e. The molecule has 0 atom stereocenters. The number of nitriles is 1. The van der Waals surface area contributed by atoms with Crippen LogP contribution in [0.1, 0.15) is 23.7 Å². The molecular weight excluding hydrogens is 316 g/mol. The van der Waals surface area contributed by atoms with Crippen LogP contribution in [0.25, 0.3) is 11.1 Å². The fourth-order valence-electron chi connectivity index (χ4n) is 3.24. The first-order valence-electron chi connectivity index (χ1n) is 8.30. The normalized spacial score (nSPS) is 13.8. The number of benzene rings is 1. The summed E-state index contributed by atoms with van der Waals surface area (Å²) in [6, 6.07) is 7.94. The largest absolute Gasteiger partial charge is 0.493 e. The summed E-state index contributed by atoms with van der Waals surface area (Å²) in [5.41, 5.74) is 10.3. The number of pyridine rings is 1. The molecule has 1 aromatic heterocycles. The van der Waals surface area contributed by atoms with Crippen molar-refractivity contribution in [2.75, 3.05) is 33.0 Å². The number of rotatable bonds is 4. The molecule has 1 aliphatic heterocycles. The Morgan fingerprint density at radius 1 is 1.36 bits per heavy atom. The summed E-state index contributed by atoms with van der Waals surface area (Å²) in [5.74, 6) is 1.60. The van der Waals surface area contributed by atoms with Gasteiger partial charge in [0.15, 0.2) is 11.5 Å². The van der Waals surface area contributed by atoms with E-state index in [4.69, 9.17) is 15.2 Å². The van der Waals surface area contributed by atoms with Gasteiger partial charge < -0.3 is 20.1 Å². The van der Waals surface area contributed by atoms with Gasteiger partial charge in [0.25, 0.3) is 0 Å². The predicted molar refractivity (Wildman–Crippen MR) is 96.6 cm³/mol. The Bertz CT molecular complexity index is 842. The molecule has 2 heterocycles. The summed E-state index contributed by atoms with van der Waals surface area (Å²) in [6.45, 7) is 4.15. The van der Waals surface area contributed by atoms with Crippen LogP contribution in [0.5, 0.6) is 11.5 Å². The van der Waals surface area contributed by atoms with Crippen LogP contribution in [0.15, 0.2) is 18.2 Å². The second-order valence-corrected chi connectivity index (χ2v) is 6.07. The Balaban J connectivity index is 2.23. The number of nitrogen functional groups attached to an aromatic ring is 1. The van der Waals surface area contributed by atoms with Crippen LogP contribution < -0.4 is 15.2 Å². The number of likely N-dealkylation sites (N-methyl/N-ethyl adjacent to an activating group) is 1. The lowest BCUT2D eigenvalue weighted by Gasteiger charge is -2.27. The van der Waals surface area contributed by atoms with Crippen molar-refractivity contribution in [1.82, 2.24) is 9.88 Å². The molecule has 0 fully saturated rings. The molecule has 0 unspecified atom stereocenters. The average Bonchev–Trinajstić information content (AvgIpc) is 2.61. The molecule has 0 amide bonds. The Morgan fingerprint density at radius 3 is 2.84 bits per heavy atom. The van der Waals surface area contributed by atoms with Crippen LogP contribution in [0.4, 0.5) is 5.82 Å². The number of nitrogens with two attached hydrogens (primary N) is 1. The van der Waals surface area contributed by atoms with Crippen molar-refractivity contribution in [3.8, 4) is 28.7 Å². The highest BCUT2D eigenvalue weighted by Crippen LogP contribution is 2.38. The summed E-state index contributed by atoms with van der Waals surface area (Å²) in [5, 5.41) is 9.65. The van der Waals surface area contributed by atoms with Gasteiger partial charge in [-0.05, 0) is 37.2 Å². The maximum atomic E-state index is 9.65. The van der Waals surface area contributed by atoms with Crippen molar-refractivity contribution < 1.29 is 9.47 Å². The van der Waals surface area contributed by atoms with Gasteiger partial charge in [0, 0.05) is 30.8 Å². The van der Waals surface area contributed by atoms with Gasteiger partial charge in [0.05, 0.1) is 13.7 Å². The molecule has 6 heteroatoms. The van der Waals surface area contributed by atoms with E-state index in [9.17, 15) is 5.26 Å². The molecule has 0 saturated heterocycles. The molecule has 6 nitrogen and oxygen atoms in total. The second kappa shape index (κ2) is 6.99. The van der Waals surface area contributed by atoms with E-state index in [2.05, 4.69) is 23.0 Å². The maximum Gasteiger partial charge on any atom is 0.161 e. The Kier molecular flexibility index (Phi) is 4.77. The number of nitrogens with zero attached hydrogens (tertiary/aromatic N) is 3. The molecule has 1 aliphatic rings. The number of anilines is 1. The highest BCUT2D eigenvalue weighted by Gasteiger charge is 2.24. The predicted octanol–water partition coefficient (Wildman–Crippen LogP) is 2.60. The quantitative estimate of drug-likeness (QED) is 0.922. The molecule has 0 saturated carbocycles. The van der Waals surface area contributed by atoms with E-state index in [0.29, 0.717) is 23.7 Å². The first-order chi connectivity index (χ1) is 12.1. The van der Waals surface area contributed by atoms with E-state index in [1.807, 2.05) is 25.1 Å². The summed E-state index contributed by atoms with van der Waals surface area (Å²) in [4.78, 5) is 6.69. The van der Waals surface area contributed by atoms with Crippen LogP contribution in [0.2, 0.25) is 0 Å². The van der Waals surface area contributed by atoms with Crippen molar-refractivity contribution in [3.05, 3.63) is 35.0 Å². The molecule has 0 bridgehead atoms. The minimum atomic E-state index is 0.286. The zero-order valence-corrected chi connectivity index (χ0v) is 14.8. The van der Waals surface area contributed by atoms with E-state index in [0.717, 1.165) is 41.9 Å². The fourth-order valence-corrected chi connectivity index (χ4v) is 3.24. The lowest BCUT2D eigenvalue weighted by atomic mass is 9.91. The standard InChI is InChI=1S/C19H22N4O2/c1-4-25-16-6-5-12(9-17(16)24-3)18-13(10-20)19(21)22-15-7-8-23(2)11-14(15)18/h5-6,9H,4,7-8,11H2,1-3H3,(H2,21,22). The number of hydrogen-bond donors (Lipinski definition) is 1. The van der Waals surface area contributed by atoms with E-state index in [1.165, 1.54) is 0 Å². The summed E-state index contributed by atoms with van der Waals surface area (Å²) < 4.78 is 11.1. The molecule has 1 aromatic carbocycles. The monoisotopic (exact) mass is 338 g/mol. The molecule has 2 aromatic rings. The van der Waals surface area contributed by atoms with Crippen molar-refractivity contribution in [1.29, 1.82) is 5.26 Å². The third-order valence-corrected chi connectivity index (χ3v) is 4.43. The Morgan fingerprint density at radius 2 is 2.16 bits per heavy atom. The first kappa shape index (κ1) is 17.1. The lowest BCUT2D eigenvalue weighted by Crippen LogP contribution is -2.28. The summed E-state index contributed by atoms with van der Waals surface area (Å²) >= 11 is 0. The van der Waals surface area contributed by atoms with Crippen molar-refractivity contribution in [2.24, 2.45) is 0 Å². The number of aromatic nitrogens is 1. The van der Waals surface area contributed by atoms with Gasteiger partial charge >= 0.3 is 0 Å².